The molecule has 3 rings (SSSR count). The van der Waals surface area contributed by atoms with Crippen molar-refractivity contribution < 1.29 is 18.8 Å². The quantitative estimate of drug-likeness (QED) is 0.929. The van der Waals surface area contributed by atoms with Crippen molar-refractivity contribution in [2.45, 2.75) is 13.0 Å². The lowest BCUT2D eigenvalue weighted by Gasteiger charge is -2.32. The first-order chi connectivity index (χ1) is 11.5. The first-order valence-corrected chi connectivity index (χ1v) is 7.88. The van der Waals surface area contributed by atoms with E-state index in [4.69, 9.17) is 4.52 Å². The summed E-state index contributed by atoms with van der Waals surface area (Å²) in [5.74, 6) is -0.456. The molecule has 1 atom stereocenters. The van der Waals surface area contributed by atoms with Gasteiger partial charge in [-0.25, -0.2) is 4.39 Å². The fourth-order valence-electron chi connectivity index (χ4n) is 2.77. The molecular weight excluding hydrogens is 313 g/mol. The normalized spacial score (nSPS) is 17.1. The van der Waals surface area contributed by atoms with Crippen LogP contribution in [0.1, 0.15) is 29.1 Å². The number of aliphatic hydroxyl groups excluding tert-OH is 1. The van der Waals surface area contributed by atoms with Crippen molar-refractivity contribution in [2.75, 3.05) is 33.2 Å². The van der Waals surface area contributed by atoms with Crippen molar-refractivity contribution in [1.82, 2.24) is 15.0 Å². The Morgan fingerprint density at radius 3 is 2.46 bits per heavy atom. The van der Waals surface area contributed by atoms with E-state index in [0.717, 1.165) is 13.1 Å². The van der Waals surface area contributed by atoms with Crippen LogP contribution in [0.3, 0.4) is 0 Å². The second-order valence-electron chi connectivity index (χ2n) is 6.05. The van der Waals surface area contributed by atoms with E-state index in [2.05, 4.69) is 10.1 Å². The summed E-state index contributed by atoms with van der Waals surface area (Å²) in [6.07, 6.45) is -0.960. The standard InChI is InChI=1S/C17H20FN3O3/c1-11(22)16-14(17(23)21-9-7-20(2)8-10-21)15(19-24-16)12-3-5-13(18)6-4-12/h3-6,11,22H,7-10H2,1-2H3/t11-/m0/s1. The third kappa shape index (κ3) is 3.18. The van der Waals surface area contributed by atoms with Crippen molar-refractivity contribution in [2.24, 2.45) is 0 Å². The number of aromatic nitrogens is 1. The summed E-state index contributed by atoms with van der Waals surface area (Å²) in [6, 6.07) is 5.69. The number of piperazine rings is 1. The molecule has 0 saturated carbocycles. The summed E-state index contributed by atoms with van der Waals surface area (Å²) in [5.41, 5.74) is 1.15. The smallest absolute Gasteiger partial charge is 0.259 e. The molecule has 0 aliphatic carbocycles. The molecule has 2 aromatic rings. The molecule has 0 radical (unpaired) electrons. The average Bonchev–Trinajstić information content (AvgIpc) is 3.01. The van der Waals surface area contributed by atoms with Crippen molar-refractivity contribution in [1.29, 1.82) is 0 Å². The summed E-state index contributed by atoms with van der Waals surface area (Å²) < 4.78 is 18.4. The van der Waals surface area contributed by atoms with Crippen LogP contribution >= 0.6 is 0 Å². The predicted octanol–water partition coefficient (Wildman–Crippen LogP) is 1.92. The lowest BCUT2D eigenvalue weighted by Crippen LogP contribution is -2.47. The molecule has 2 heterocycles. The Morgan fingerprint density at radius 2 is 1.88 bits per heavy atom. The Labute approximate surface area is 139 Å². The largest absolute Gasteiger partial charge is 0.385 e. The zero-order valence-electron chi connectivity index (χ0n) is 13.7. The molecule has 0 bridgehead atoms. The SMILES string of the molecule is C[C@H](O)c1onc(-c2ccc(F)cc2)c1C(=O)N1CCN(C)CC1. The van der Waals surface area contributed by atoms with Crippen molar-refractivity contribution >= 4 is 5.91 Å². The minimum atomic E-state index is -0.960. The van der Waals surface area contributed by atoms with Gasteiger partial charge >= 0.3 is 0 Å². The van der Waals surface area contributed by atoms with E-state index in [1.165, 1.54) is 19.1 Å². The number of carbonyl (C=O) groups is 1. The minimum Gasteiger partial charge on any atom is -0.385 e. The Bertz CT molecular complexity index is 719. The maximum atomic E-state index is 13.2. The van der Waals surface area contributed by atoms with Gasteiger partial charge in [0, 0.05) is 31.7 Å². The number of amides is 1. The molecule has 24 heavy (non-hydrogen) atoms. The summed E-state index contributed by atoms with van der Waals surface area (Å²) in [7, 11) is 2.01. The van der Waals surface area contributed by atoms with Crippen LogP contribution in [0.15, 0.2) is 28.8 Å². The molecule has 1 aromatic heterocycles. The van der Waals surface area contributed by atoms with Gasteiger partial charge in [-0.3, -0.25) is 4.79 Å². The molecule has 6 nitrogen and oxygen atoms in total. The van der Waals surface area contributed by atoms with Gasteiger partial charge in [-0.1, -0.05) is 5.16 Å². The highest BCUT2D eigenvalue weighted by Crippen LogP contribution is 2.30. The van der Waals surface area contributed by atoms with Gasteiger partial charge in [-0.15, -0.1) is 0 Å². The number of halogens is 1. The number of benzene rings is 1. The topological polar surface area (TPSA) is 69.8 Å². The molecule has 0 unspecified atom stereocenters. The fraction of sp³-hybridized carbons (Fsp3) is 0.412. The Balaban J connectivity index is 1.99. The highest BCUT2D eigenvalue weighted by atomic mass is 19.1. The van der Waals surface area contributed by atoms with Crippen molar-refractivity contribution in [3.63, 3.8) is 0 Å². The van der Waals surface area contributed by atoms with Gasteiger partial charge in [-0.05, 0) is 38.2 Å². The molecule has 1 amide bonds. The lowest BCUT2D eigenvalue weighted by molar-refractivity contribution is 0.0654. The summed E-state index contributed by atoms with van der Waals surface area (Å²) >= 11 is 0. The summed E-state index contributed by atoms with van der Waals surface area (Å²) in [4.78, 5) is 16.9. The zero-order valence-corrected chi connectivity index (χ0v) is 13.7. The van der Waals surface area contributed by atoms with Crippen molar-refractivity contribution in [3.05, 3.63) is 41.4 Å². The maximum Gasteiger partial charge on any atom is 0.259 e. The number of hydrogen-bond donors (Lipinski definition) is 1. The van der Waals surface area contributed by atoms with Gasteiger partial charge in [0.1, 0.15) is 23.2 Å². The van der Waals surface area contributed by atoms with Crippen molar-refractivity contribution in [3.8, 4) is 11.3 Å². The van der Waals surface area contributed by atoms with Crippen LogP contribution < -0.4 is 0 Å². The van der Waals surface area contributed by atoms with Crippen LogP contribution in [0.4, 0.5) is 4.39 Å². The van der Waals surface area contributed by atoms with Gasteiger partial charge < -0.3 is 19.4 Å². The molecule has 7 heteroatoms. The Hall–Kier alpha value is -2.25. The fourth-order valence-corrected chi connectivity index (χ4v) is 2.77. The van der Waals surface area contributed by atoms with Crippen LogP contribution in [-0.4, -0.2) is 59.2 Å². The molecule has 1 aliphatic rings. The number of likely N-dealkylation sites (N-methyl/N-ethyl adjacent to an activating group) is 1. The second kappa shape index (κ2) is 6.70. The average molecular weight is 333 g/mol. The number of rotatable bonds is 3. The Kier molecular flexibility index (Phi) is 4.64. The summed E-state index contributed by atoms with van der Waals surface area (Å²) in [5, 5.41) is 13.9. The highest BCUT2D eigenvalue weighted by molar-refractivity contribution is 6.01. The van der Waals surface area contributed by atoms with E-state index in [1.54, 1.807) is 17.0 Å². The summed E-state index contributed by atoms with van der Waals surface area (Å²) in [6.45, 7) is 4.29. The van der Waals surface area contributed by atoms with Crippen LogP contribution in [0, 0.1) is 5.82 Å². The van der Waals surface area contributed by atoms with Crippen LogP contribution in [0.25, 0.3) is 11.3 Å². The monoisotopic (exact) mass is 333 g/mol. The number of aliphatic hydroxyl groups is 1. The molecule has 1 fully saturated rings. The number of carbonyl (C=O) groups excluding carboxylic acids is 1. The Morgan fingerprint density at radius 1 is 1.25 bits per heavy atom. The van der Waals surface area contributed by atoms with E-state index in [9.17, 15) is 14.3 Å². The van der Waals surface area contributed by atoms with E-state index in [1.807, 2.05) is 7.05 Å². The predicted molar refractivity (Wildman–Crippen MR) is 85.9 cm³/mol. The van der Waals surface area contributed by atoms with Crippen LogP contribution in [0.2, 0.25) is 0 Å². The first-order valence-electron chi connectivity index (χ1n) is 7.88. The van der Waals surface area contributed by atoms with E-state index >= 15 is 0 Å². The highest BCUT2D eigenvalue weighted by Gasteiger charge is 2.31. The molecule has 1 N–H and O–H groups in total. The molecule has 1 aromatic carbocycles. The van der Waals surface area contributed by atoms with Gasteiger partial charge in [0.2, 0.25) is 0 Å². The number of nitrogens with zero attached hydrogens (tertiary/aromatic N) is 3. The lowest BCUT2D eigenvalue weighted by atomic mass is 10.0. The molecular formula is C17H20FN3O3. The first kappa shape index (κ1) is 16.6. The molecule has 1 saturated heterocycles. The van der Waals surface area contributed by atoms with Gasteiger partial charge in [0.15, 0.2) is 5.76 Å². The number of hydrogen-bond acceptors (Lipinski definition) is 5. The van der Waals surface area contributed by atoms with Gasteiger partial charge in [-0.2, -0.15) is 0 Å². The second-order valence-corrected chi connectivity index (χ2v) is 6.05. The zero-order chi connectivity index (χ0) is 17.3. The van der Waals surface area contributed by atoms with E-state index in [-0.39, 0.29) is 23.0 Å². The third-order valence-electron chi connectivity index (χ3n) is 4.22. The molecule has 0 spiro atoms. The van der Waals surface area contributed by atoms with E-state index in [0.29, 0.717) is 24.3 Å². The maximum absolute atomic E-state index is 13.2. The molecule has 1 aliphatic heterocycles. The van der Waals surface area contributed by atoms with Crippen LogP contribution in [-0.2, 0) is 0 Å². The van der Waals surface area contributed by atoms with Gasteiger partial charge in [0.25, 0.3) is 5.91 Å². The van der Waals surface area contributed by atoms with Crippen LogP contribution in [0.5, 0.6) is 0 Å². The third-order valence-corrected chi connectivity index (χ3v) is 4.22. The van der Waals surface area contributed by atoms with E-state index < -0.39 is 6.10 Å². The molecule has 128 valence electrons. The van der Waals surface area contributed by atoms with Gasteiger partial charge in [0.05, 0.1) is 0 Å². The minimum absolute atomic E-state index is 0.137.